The molecule has 0 radical (unpaired) electrons. The first kappa shape index (κ1) is 11.6. The number of unbranched alkanes of at least 4 members (excludes halogenated alkanes) is 1. The van der Waals surface area contributed by atoms with Gasteiger partial charge < -0.3 is 10.6 Å². The summed E-state index contributed by atoms with van der Waals surface area (Å²) in [5.41, 5.74) is 8.44. The Morgan fingerprint density at radius 1 is 1.19 bits per heavy atom. The molecule has 1 aliphatic heterocycles. The van der Waals surface area contributed by atoms with Crippen LogP contribution in [0.25, 0.3) is 0 Å². The molecule has 1 heterocycles. The van der Waals surface area contributed by atoms with E-state index in [4.69, 9.17) is 5.73 Å². The van der Waals surface area contributed by atoms with Crippen molar-refractivity contribution < 1.29 is 0 Å². The van der Waals surface area contributed by atoms with Crippen LogP contribution in [0.15, 0.2) is 24.3 Å². The zero-order valence-corrected chi connectivity index (χ0v) is 10.2. The molecule has 0 spiro atoms. The van der Waals surface area contributed by atoms with Crippen LogP contribution in [0.3, 0.4) is 0 Å². The van der Waals surface area contributed by atoms with Crippen LogP contribution < -0.4 is 5.73 Å². The van der Waals surface area contributed by atoms with E-state index in [1.165, 1.54) is 37.1 Å². The van der Waals surface area contributed by atoms with E-state index in [2.05, 4.69) is 36.2 Å². The number of likely N-dealkylation sites (N-methyl/N-ethyl adjacent to an activating group) is 1. The molecule has 0 amide bonds. The third-order valence-electron chi connectivity index (χ3n) is 3.43. The Hall–Kier alpha value is -0.860. The third-order valence-corrected chi connectivity index (χ3v) is 3.43. The van der Waals surface area contributed by atoms with E-state index in [9.17, 15) is 0 Å². The van der Waals surface area contributed by atoms with Crippen LogP contribution in [-0.4, -0.2) is 31.6 Å². The minimum atomic E-state index is 0.767. The SMILES string of the molecule is CN1CC(c2ccc(CCCCN)cc2)C1. The van der Waals surface area contributed by atoms with Crippen molar-refractivity contribution in [2.24, 2.45) is 5.73 Å². The highest BCUT2D eigenvalue weighted by Crippen LogP contribution is 2.25. The van der Waals surface area contributed by atoms with Crippen molar-refractivity contribution >= 4 is 0 Å². The molecule has 0 unspecified atom stereocenters. The minimum Gasteiger partial charge on any atom is -0.330 e. The van der Waals surface area contributed by atoms with Crippen LogP contribution in [0.2, 0.25) is 0 Å². The second-order valence-corrected chi connectivity index (χ2v) is 4.91. The number of rotatable bonds is 5. The van der Waals surface area contributed by atoms with Crippen LogP contribution in [0.1, 0.15) is 29.9 Å². The molecule has 16 heavy (non-hydrogen) atoms. The zero-order chi connectivity index (χ0) is 11.4. The summed E-state index contributed by atoms with van der Waals surface area (Å²) in [7, 11) is 2.18. The lowest BCUT2D eigenvalue weighted by Gasteiger charge is -2.36. The molecule has 2 rings (SSSR count). The number of aryl methyl sites for hydroxylation is 1. The number of benzene rings is 1. The Bertz CT molecular complexity index is 312. The van der Waals surface area contributed by atoms with Gasteiger partial charge in [-0.25, -0.2) is 0 Å². The van der Waals surface area contributed by atoms with Gasteiger partial charge in [0.25, 0.3) is 0 Å². The Labute approximate surface area is 98.4 Å². The Morgan fingerprint density at radius 3 is 2.44 bits per heavy atom. The summed E-state index contributed by atoms with van der Waals surface area (Å²) in [5.74, 6) is 0.767. The molecule has 0 bridgehead atoms. The van der Waals surface area contributed by atoms with Crippen molar-refractivity contribution in [1.29, 1.82) is 0 Å². The highest BCUT2D eigenvalue weighted by molar-refractivity contribution is 5.27. The van der Waals surface area contributed by atoms with E-state index in [1.54, 1.807) is 0 Å². The van der Waals surface area contributed by atoms with Gasteiger partial charge in [0, 0.05) is 19.0 Å². The first-order valence-electron chi connectivity index (χ1n) is 6.27. The molecule has 88 valence electrons. The fourth-order valence-corrected chi connectivity index (χ4v) is 2.34. The highest BCUT2D eigenvalue weighted by atomic mass is 15.2. The first-order valence-corrected chi connectivity index (χ1v) is 6.27. The second-order valence-electron chi connectivity index (χ2n) is 4.91. The van der Waals surface area contributed by atoms with Gasteiger partial charge in [0.1, 0.15) is 0 Å². The fourth-order valence-electron chi connectivity index (χ4n) is 2.34. The van der Waals surface area contributed by atoms with Crippen molar-refractivity contribution in [2.45, 2.75) is 25.2 Å². The molecular formula is C14H22N2. The largest absolute Gasteiger partial charge is 0.330 e. The lowest BCUT2D eigenvalue weighted by Crippen LogP contribution is -2.41. The van der Waals surface area contributed by atoms with Gasteiger partial charge in [-0.15, -0.1) is 0 Å². The van der Waals surface area contributed by atoms with Gasteiger partial charge >= 0.3 is 0 Å². The van der Waals surface area contributed by atoms with Gasteiger partial charge in [-0.2, -0.15) is 0 Å². The number of nitrogens with two attached hydrogens (primary N) is 1. The van der Waals surface area contributed by atoms with Crippen LogP contribution in [0, 0.1) is 0 Å². The molecule has 0 atom stereocenters. The zero-order valence-electron chi connectivity index (χ0n) is 10.2. The van der Waals surface area contributed by atoms with Gasteiger partial charge in [-0.05, 0) is 44.0 Å². The van der Waals surface area contributed by atoms with Crippen molar-refractivity contribution in [2.75, 3.05) is 26.7 Å². The summed E-state index contributed by atoms with van der Waals surface area (Å²) in [6, 6.07) is 9.17. The van der Waals surface area contributed by atoms with Crippen LogP contribution >= 0.6 is 0 Å². The first-order chi connectivity index (χ1) is 7.79. The molecule has 1 aliphatic rings. The Balaban J connectivity index is 1.84. The summed E-state index contributed by atoms with van der Waals surface area (Å²) >= 11 is 0. The van der Waals surface area contributed by atoms with Gasteiger partial charge in [-0.3, -0.25) is 0 Å². The lowest BCUT2D eigenvalue weighted by atomic mass is 9.91. The fraction of sp³-hybridized carbons (Fsp3) is 0.571. The van der Waals surface area contributed by atoms with E-state index in [0.717, 1.165) is 18.9 Å². The van der Waals surface area contributed by atoms with Gasteiger partial charge in [-0.1, -0.05) is 24.3 Å². The number of likely N-dealkylation sites (tertiary alicyclic amines) is 1. The summed E-state index contributed by atoms with van der Waals surface area (Å²) < 4.78 is 0. The minimum absolute atomic E-state index is 0.767. The quantitative estimate of drug-likeness (QED) is 0.766. The predicted octanol–water partition coefficient (Wildman–Crippen LogP) is 2.00. The van der Waals surface area contributed by atoms with E-state index in [0.29, 0.717) is 0 Å². The predicted molar refractivity (Wildman–Crippen MR) is 68.7 cm³/mol. The molecule has 0 saturated carbocycles. The topological polar surface area (TPSA) is 29.3 Å². The number of hydrogen-bond acceptors (Lipinski definition) is 2. The van der Waals surface area contributed by atoms with Crippen molar-refractivity contribution in [1.82, 2.24) is 4.90 Å². The molecule has 1 aromatic carbocycles. The third kappa shape index (κ3) is 2.83. The number of hydrogen-bond donors (Lipinski definition) is 1. The maximum absolute atomic E-state index is 5.49. The molecule has 0 aromatic heterocycles. The summed E-state index contributed by atoms with van der Waals surface area (Å²) in [4.78, 5) is 2.36. The van der Waals surface area contributed by atoms with Crippen LogP contribution in [0.4, 0.5) is 0 Å². The molecule has 2 N–H and O–H groups in total. The summed E-state index contributed by atoms with van der Waals surface area (Å²) in [6.45, 7) is 3.24. The summed E-state index contributed by atoms with van der Waals surface area (Å²) in [6.07, 6.45) is 3.51. The average Bonchev–Trinajstić information content (AvgIpc) is 2.27. The summed E-state index contributed by atoms with van der Waals surface area (Å²) in [5, 5.41) is 0. The van der Waals surface area contributed by atoms with Crippen LogP contribution in [-0.2, 0) is 6.42 Å². The van der Waals surface area contributed by atoms with E-state index in [-0.39, 0.29) is 0 Å². The Kier molecular flexibility index (Phi) is 3.97. The van der Waals surface area contributed by atoms with Crippen molar-refractivity contribution in [3.63, 3.8) is 0 Å². The maximum atomic E-state index is 5.49. The monoisotopic (exact) mass is 218 g/mol. The van der Waals surface area contributed by atoms with Crippen LogP contribution in [0.5, 0.6) is 0 Å². The van der Waals surface area contributed by atoms with Gasteiger partial charge in [0.15, 0.2) is 0 Å². The molecule has 2 heteroatoms. The van der Waals surface area contributed by atoms with E-state index >= 15 is 0 Å². The molecule has 1 fully saturated rings. The van der Waals surface area contributed by atoms with Gasteiger partial charge in [0.2, 0.25) is 0 Å². The molecular weight excluding hydrogens is 196 g/mol. The van der Waals surface area contributed by atoms with Crippen molar-refractivity contribution in [3.8, 4) is 0 Å². The molecule has 1 aromatic rings. The second kappa shape index (κ2) is 5.46. The normalized spacial score (nSPS) is 17.4. The van der Waals surface area contributed by atoms with E-state index < -0.39 is 0 Å². The number of nitrogens with zero attached hydrogens (tertiary/aromatic N) is 1. The molecule has 1 saturated heterocycles. The highest BCUT2D eigenvalue weighted by Gasteiger charge is 2.24. The van der Waals surface area contributed by atoms with Crippen molar-refractivity contribution in [3.05, 3.63) is 35.4 Å². The average molecular weight is 218 g/mol. The standard InChI is InChI=1S/C14H22N2/c1-16-10-14(11-16)13-7-5-12(6-8-13)4-2-3-9-15/h5-8,14H,2-4,9-11,15H2,1H3. The Morgan fingerprint density at radius 2 is 1.88 bits per heavy atom. The maximum Gasteiger partial charge on any atom is 0.00933 e. The van der Waals surface area contributed by atoms with Gasteiger partial charge in [0.05, 0.1) is 0 Å². The lowest BCUT2D eigenvalue weighted by molar-refractivity contribution is 0.190. The molecule has 2 nitrogen and oxygen atoms in total. The van der Waals surface area contributed by atoms with E-state index in [1.807, 2.05) is 0 Å². The smallest absolute Gasteiger partial charge is 0.00933 e. The molecule has 0 aliphatic carbocycles.